The molecule has 2 fully saturated rings. The third kappa shape index (κ3) is 5.07. The van der Waals surface area contributed by atoms with Crippen LogP contribution in [0.5, 0.6) is 0 Å². The molecule has 2 rings (SSSR count). The molecule has 0 aromatic heterocycles. The van der Waals surface area contributed by atoms with Crippen LogP contribution >= 0.6 is 0 Å². The fourth-order valence-electron chi connectivity index (χ4n) is 3.78. The summed E-state index contributed by atoms with van der Waals surface area (Å²) in [6, 6.07) is 0. The smallest absolute Gasteiger partial charge is 0.0580 e. The minimum Gasteiger partial charge on any atom is -0.393 e. The van der Waals surface area contributed by atoms with Gasteiger partial charge in [-0.2, -0.15) is 0 Å². The van der Waals surface area contributed by atoms with Gasteiger partial charge in [-0.25, -0.2) is 0 Å². The molecule has 0 aromatic rings. The molecule has 2 nitrogen and oxygen atoms in total. The van der Waals surface area contributed by atoms with Crippen LogP contribution in [-0.4, -0.2) is 35.7 Å². The summed E-state index contributed by atoms with van der Waals surface area (Å²) in [6.45, 7) is 8.22. The van der Waals surface area contributed by atoms with Gasteiger partial charge in [0, 0.05) is 13.1 Å². The highest BCUT2D eigenvalue weighted by Crippen LogP contribution is 2.34. The molecule has 2 aliphatic carbocycles. The van der Waals surface area contributed by atoms with Gasteiger partial charge in [0.1, 0.15) is 0 Å². The summed E-state index contributed by atoms with van der Waals surface area (Å²) in [5.41, 5.74) is 0. The zero-order chi connectivity index (χ0) is 13.7. The number of rotatable bonds is 8. The Balaban J connectivity index is 1.81. The van der Waals surface area contributed by atoms with Crippen molar-refractivity contribution >= 4 is 0 Å². The lowest BCUT2D eigenvalue weighted by Gasteiger charge is -2.36. The van der Waals surface area contributed by atoms with Gasteiger partial charge in [0.25, 0.3) is 0 Å². The maximum atomic E-state index is 10.3. The average molecular weight is 267 g/mol. The molecule has 0 aliphatic heterocycles. The molecule has 2 aliphatic rings. The van der Waals surface area contributed by atoms with E-state index in [-0.39, 0.29) is 6.10 Å². The lowest BCUT2D eigenvalue weighted by molar-refractivity contribution is 0.0248. The Morgan fingerprint density at radius 1 is 0.947 bits per heavy atom. The van der Waals surface area contributed by atoms with Crippen molar-refractivity contribution in [3.8, 4) is 0 Å². The van der Waals surface area contributed by atoms with E-state index in [0.717, 1.165) is 24.8 Å². The summed E-state index contributed by atoms with van der Waals surface area (Å²) < 4.78 is 0. The van der Waals surface area contributed by atoms with E-state index in [1.54, 1.807) is 0 Å². The molecule has 0 amide bonds. The van der Waals surface area contributed by atoms with Crippen LogP contribution < -0.4 is 0 Å². The number of aliphatic hydroxyl groups is 1. The van der Waals surface area contributed by atoms with Crippen LogP contribution in [0.3, 0.4) is 0 Å². The van der Waals surface area contributed by atoms with Crippen LogP contribution in [0.1, 0.15) is 65.2 Å². The molecule has 0 radical (unpaired) electrons. The first kappa shape index (κ1) is 15.3. The largest absolute Gasteiger partial charge is 0.393 e. The number of nitrogens with zero attached hydrogens (tertiary/aromatic N) is 1. The lowest BCUT2D eigenvalue weighted by atomic mass is 9.77. The van der Waals surface area contributed by atoms with Gasteiger partial charge in [0.05, 0.1) is 6.10 Å². The Kier molecular flexibility index (Phi) is 6.15. The van der Waals surface area contributed by atoms with Gasteiger partial charge in [-0.3, -0.25) is 0 Å². The van der Waals surface area contributed by atoms with Crippen molar-refractivity contribution in [2.75, 3.05) is 19.6 Å². The highest BCUT2D eigenvalue weighted by Gasteiger charge is 2.31. The minimum absolute atomic E-state index is 0.0355. The summed E-state index contributed by atoms with van der Waals surface area (Å²) in [5, 5.41) is 10.3. The van der Waals surface area contributed by atoms with Gasteiger partial charge < -0.3 is 10.0 Å². The average Bonchev–Trinajstić information content (AvgIpc) is 3.18. The van der Waals surface area contributed by atoms with Gasteiger partial charge in [-0.05, 0) is 62.8 Å². The van der Waals surface area contributed by atoms with Crippen molar-refractivity contribution in [1.82, 2.24) is 4.90 Å². The SMILES string of the molecule is CCCC1CCC(O)C(CN(CCC)CC2CC2)C1. The molecular weight excluding hydrogens is 234 g/mol. The second-order valence-electron chi connectivity index (χ2n) is 7.00. The molecule has 0 heterocycles. The topological polar surface area (TPSA) is 23.5 Å². The van der Waals surface area contributed by atoms with E-state index in [4.69, 9.17) is 0 Å². The Bertz CT molecular complexity index is 252. The molecular formula is C17H33NO. The molecule has 112 valence electrons. The van der Waals surface area contributed by atoms with E-state index in [1.165, 1.54) is 58.0 Å². The van der Waals surface area contributed by atoms with Crippen LogP contribution in [0.15, 0.2) is 0 Å². The van der Waals surface area contributed by atoms with Gasteiger partial charge in [0.2, 0.25) is 0 Å². The zero-order valence-electron chi connectivity index (χ0n) is 13.0. The monoisotopic (exact) mass is 267 g/mol. The first-order valence-electron chi connectivity index (χ1n) is 8.63. The molecule has 2 saturated carbocycles. The number of aliphatic hydroxyl groups excluding tert-OH is 1. The van der Waals surface area contributed by atoms with Crippen molar-refractivity contribution in [2.45, 2.75) is 71.3 Å². The molecule has 1 N–H and O–H groups in total. The summed E-state index contributed by atoms with van der Waals surface area (Å²) in [4.78, 5) is 2.64. The van der Waals surface area contributed by atoms with E-state index >= 15 is 0 Å². The Morgan fingerprint density at radius 3 is 2.32 bits per heavy atom. The Morgan fingerprint density at radius 2 is 1.68 bits per heavy atom. The fraction of sp³-hybridized carbons (Fsp3) is 1.00. The van der Waals surface area contributed by atoms with E-state index < -0.39 is 0 Å². The standard InChI is InChI=1S/C17H33NO/c1-3-5-14-8-9-17(19)16(11-14)13-18(10-4-2)12-15-6-7-15/h14-17,19H,3-13H2,1-2H3. The van der Waals surface area contributed by atoms with Crippen LogP contribution in [0.4, 0.5) is 0 Å². The summed E-state index contributed by atoms with van der Waals surface area (Å²) >= 11 is 0. The maximum Gasteiger partial charge on any atom is 0.0580 e. The second kappa shape index (κ2) is 7.64. The van der Waals surface area contributed by atoms with Crippen molar-refractivity contribution in [3.63, 3.8) is 0 Å². The zero-order valence-corrected chi connectivity index (χ0v) is 13.0. The minimum atomic E-state index is -0.0355. The van der Waals surface area contributed by atoms with Crippen molar-refractivity contribution in [3.05, 3.63) is 0 Å². The summed E-state index contributed by atoms with van der Waals surface area (Å²) in [5.74, 6) is 2.39. The van der Waals surface area contributed by atoms with Gasteiger partial charge in [-0.15, -0.1) is 0 Å². The quantitative estimate of drug-likeness (QED) is 0.725. The van der Waals surface area contributed by atoms with Gasteiger partial charge >= 0.3 is 0 Å². The lowest BCUT2D eigenvalue weighted by Crippen LogP contribution is -2.40. The van der Waals surface area contributed by atoms with Gasteiger partial charge in [-0.1, -0.05) is 26.7 Å². The normalized spacial score (nSPS) is 31.9. The van der Waals surface area contributed by atoms with E-state index in [9.17, 15) is 5.11 Å². The first-order chi connectivity index (χ1) is 9.22. The van der Waals surface area contributed by atoms with Crippen molar-refractivity contribution in [2.24, 2.45) is 17.8 Å². The third-order valence-electron chi connectivity index (χ3n) is 4.99. The molecule has 0 aromatic carbocycles. The van der Waals surface area contributed by atoms with Crippen LogP contribution in [0.2, 0.25) is 0 Å². The molecule has 0 spiro atoms. The summed E-state index contributed by atoms with van der Waals surface area (Å²) in [7, 11) is 0. The predicted molar refractivity (Wildman–Crippen MR) is 81.2 cm³/mol. The Hall–Kier alpha value is -0.0800. The number of hydrogen-bond acceptors (Lipinski definition) is 2. The predicted octanol–water partition coefficient (Wildman–Crippen LogP) is 3.69. The highest BCUT2D eigenvalue weighted by molar-refractivity contribution is 4.84. The van der Waals surface area contributed by atoms with Crippen molar-refractivity contribution < 1.29 is 5.11 Å². The molecule has 0 saturated heterocycles. The molecule has 3 unspecified atom stereocenters. The maximum absolute atomic E-state index is 10.3. The second-order valence-corrected chi connectivity index (χ2v) is 7.00. The summed E-state index contributed by atoms with van der Waals surface area (Å²) in [6.07, 6.45) is 10.3. The molecule has 19 heavy (non-hydrogen) atoms. The van der Waals surface area contributed by atoms with Crippen LogP contribution in [0.25, 0.3) is 0 Å². The number of hydrogen-bond donors (Lipinski definition) is 1. The van der Waals surface area contributed by atoms with Crippen LogP contribution in [-0.2, 0) is 0 Å². The van der Waals surface area contributed by atoms with E-state index in [0.29, 0.717) is 5.92 Å². The highest BCUT2D eigenvalue weighted by atomic mass is 16.3. The molecule has 3 atom stereocenters. The van der Waals surface area contributed by atoms with E-state index in [1.807, 2.05) is 0 Å². The Labute approximate surface area is 119 Å². The first-order valence-corrected chi connectivity index (χ1v) is 8.63. The van der Waals surface area contributed by atoms with Crippen molar-refractivity contribution in [1.29, 1.82) is 0 Å². The van der Waals surface area contributed by atoms with E-state index in [2.05, 4.69) is 18.7 Å². The third-order valence-corrected chi connectivity index (χ3v) is 4.99. The molecule has 0 bridgehead atoms. The van der Waals surface area contributed by atoms with Crippen LogP contribution in [0, 0.1) is 17.8 Å². The molecule has 2 heteroatoms. The fourth-order valence-corrected chi connectivity index (χ4v) is 3.78. The van der Waals surface area contributed by atoms with Gasteiger partial charge in [0.15, 0.2) is 0 Å².